The van der Waals surface area contributed by atoms with E-state index in [9.17, 15) is 18.0 Å². The fraction of sp³-hybridized carbons (Fsp3) is 0.321. The lowest BCUT2D eigenvalue weighted by Crippen LogP contribution is -2.53. The zero-order valence-electron chi connectivity index (χ0n) is 19.9. The van der Waals surface area contributed by atoms with Crippen molar-refractivity contribution in [1.82, 2.24) is 4.90 Å². The lowest BCUT2D eigenvalue weighted by Gasteiger charge is -2.42. The maximum Gasteiger partial charge on any atom is 0.425 e. The second kappa shape index (κ2) is 12.3. The minimum Gasteiger partial charge on any atom is -0.494 e. The maximum absolute atomic E-state index is 14.6. The molecule has 0 amide bonds. The van der Waals surface area contributed by atoms with Gasteiger partial charge < -0.3 is 9.84 Å². The Bertz CT molecular complexity index is 1110. The van der Waals surface area contributed by atoms with Crippen LogP contribution in [0.1, 0.15) is 36.0 Å². The molecule has 3 aromatic carbocycles. The van der Waals surface area contributed by atoms with Crippen LogP contribution in [0.4, 0.5) is 13.2 Å². The molecule has 0 aliphatic heterocycles. The van der Waals surface area contributed by atoms with E-state index in [1.165, 1.54) is 17.0 Å². The van der Waals surface area contributed by atoms with Gasteiger partial charge in [-0.2, -0.15) is 13.2 Å². The third kappa shape index (κ3) is 7.02. The van der Waals surface area contributed by atoms with E-state index >= 15 is 0 Å². The van der Waals surface area contributed by atoms with Gasteiger partial charge in [-0.3, -0.25) is 9.69 Å². The van der Waals surface area contributed by atoms with Crippen LogP contribution < -0.4 is 4.74 Å². The summed E-state index contributed by atoms with van der Waals surface area (Å²) in [6.45, 7) is 2.14. The highest BCUT2D eigenvalue weighted by Gasteiger charge is 2.58. The summed E-state index contributed by atoms with van der Waals surface area (Å²) in [5, 5.41) is 8.97. The van der Waals surface area contributed by atoms with Gasteiger partial charge in [-0.1, -0.05) is 91.3 Å². The maximum atomic E-state index is 14.6. The molecule has 0 aliphatic rings. The number of rotatable bonds is 12. The van der Waals surface area contributed by atoms with Crippen molar-refractivity contribution >= 4 is 17.6 Å². The number of alkyl halides is 4. The lowest BCUT2D eigenvalue weighted by molar-refractivity contribution is -0.206. The van der Waals surface area contributed by atoms with Crippen LogP contribution in [0, 0.1) is 0 Å². The second-order valence-corrected chi connectivity index (χ2v) is 9.21. The first-order chi connectivity index (χ1) is 17.1. The summed E-state index contributed by atoms with van der Waals surface area (Å²) >= 11 is 6.51. The van der Waals surface area contributed by atoms with Crippen molar-refractivity contribution in [2.75, 3.05) is 19.7 Å². The number of aliphatic carboxylic acids is 1. The van der Waals surface area contributed by atoms with Gasteiger partial charge in [0.1, 0.15) is 5.75 Å². The van der Waals surface area contributed by atoms with Crippen molar-refractivity contribution in [3.8, 4) is 5.75 Å². The van der Waals surface area contributed by atoms with Crippen molar-refractivity contribution in [2.45, 2.75) is 36.9 Å². The first kappa shape index (κ1) is 27.6. The van der Waals surface area contributed by atoms with Crippen molar-refractivity contribution in [3.05, 3.63) is 102 Å². The molecule has 0 spiro atoms. The molecule has 2 atom stereocenters. The standard InChI is InChI=1S/C28H29ClF3NO3/c1-21(23-11-4-2-5-12-23)20-33(27(29,28(30,31)32)24-13-6-3-7-14-24)16-9-17-36-25-15-8-10-22(18-25)19-26(34)35/h2-8,10-15,18,21H,9,16-17,19-20H2,1H3,(H,34,35)/t21-,27?/m0/s1. The zero-order chi connectivity index (χ0) is 26.2. The predicted molar refractivity (Wildman–Crippen MR) is 134 cm³/mol. The van der Waals surface area contributed by atoms with E-state index in [0.717, 1.165) is 5.56 Å². The minimum atomic E-state index is -4.74. The number of carbonyl (C=O) groups is 1. The van der Waals surface area contributed by atoms with E-state index < -0.39 is 17.1 Å². The molecule has 8 heteroatoms. The average molecular weight is 520 g/mol. The van der Waals surface area contributed by atoms with E-state index in [4.69, 9.17) is 21.4 Å². The Balaban J connectivity index is 1.79. The highest BCUT2D eigenvalue weighted by Crippen LogP contribution is 2.48. The second-order valence-electron chi connectivity index (χ2n) is 8.66. The summed E-state index contributed by atoms with van der Waals surface area (Å²) in [6, 6.07) is 23.6. The third-order valence-corrected chi connectivity index (χ3v) is 6.60. The van der Waals surface area contributed by atoms with E-state index in [1.54, 1.807) is 42.5 Å². The number of benzene rings is 3. The third-order valence-electron chi connectivity index (χ3n) is 5.93. The Kier molecular flexibility index (Phi) is 9.40. The number of carboxylic acids is 1. The number of hydrogen-bond donors (Lipinski definition) is 1. The molecule has 192 valence electrons. The molecule has 1 unspecified atom stereocenters. The molecule has 0 radical (unpaired) electrons. The summed E-state index contributed by atoms with van der Waals surface area (Å²) < 4.78 is 49.4. The Morgan fingerprint density at radius 1 is 1.00 bits per heavy atom. The molecular formula is C28H29ClF3NO3. The van der Waals surface area contributed by atoms with E-state index in [-0.39, 0.29) is 44.0 Å². The van der Waals surface area contributed by atoms with Gasteiger partial charge in [0.05, 0.1) is 13.0 Å². The van der Waals surface area contributed by atoms with Crippen LogP contribution >= 0.6 is 11.6 Å². The SMILES string of the molecule is C[C@@H](CN(CCCOc1cccc(CC(=O)O)c1)C(Cl)(c1ccccc1)C(F)(F)F)c1ccccc1. The van der Waals surface area contributed by atoms with Gasteiger partial charge in [0, 0.05) is 13.1 Å². The molecule has 36 heavy (non-hydrogen) atoms. The summed E-state index contributed by atoms with van der Waals surface area (Å²) in [4.78, 5) is 9.51. The highest BCUT2D eigenvalue weighted by molar-refractivity contribution is 6.24. The number of ether oxygens (including phenoxy) is 1. The molecule has 0 fully saturated rings. The molecule has 0 saturated carbocycles. The Morgan fingerprint density at radius 3 is 2.25 bits per heavy atom. The van der Waals surface area contributed by atoms with Crippen molar-refractivity contribution < 1.29 is 27.8 Å². The van der Waals surface area contributed by atoms with Crippen molar-refractivity contribution in [3.63, 3.8) is 0 Å². The quantitative estimate of drug-likeness (QED) is 0.162. The minimum absolute atomic E-state index is 0.0316. The number of carboxylic acid groups (broad SMARTS) is 1. The largest absolute Gasteiger partial charge is 0.494 e. The zero-order valence-corrected chi connectivity index (χ0v) is 20.7. The van der Waals surface area contributed by atoms with Crippen LogP contribution in [-0.2, 0) is 16.2 Å². The van der Waals surface area contributed by atoms with Crippen LogP contribution in [0.5, 0.6) is 5.75 Å². The molecule has 4 nitrogen and oxygen atoms in total. The fourth-order valence-electron chi connectivity index (χ4n) is 4.14. The Hall–Kier alpha value is -3.03. The van der Waals surface area contributed by atoms with Crippen LogP contribution in [0.15, 0.2) is 84.9 Å². The van der Waals surface area contributed by atoms with Gasteiger partial charge in [0.2, 0.25) is 5.00 Å². The van der Waals surface area contributed by atoms with Gasteiger partial charge in [-0.15, -0.1) is 0 Å². The van der Waals surface area contributed by atoms with Gasteiger partial charge in [0.15, 0.2) is 0 Å². The van der Waals surface area contributed by atoms with Crippen LogP contribution in [-0.4, -0.2) is 41.8 Å². The highest BCUT2D eigenvalue weighted by atomic mass is 35.5. The van der Waals surface area contributed by atoms with Crippen LogP contribution in [0.2, 0.25) is 0 Å². The summed E-state index contributed by atoms with van der Waals surface area (Å²) in [7, 11) is 0. The fourth-order valence-corrected chi connectivity index (χ4v) is 4.42. The number of halogens is 4. The van der Waals surface area contributed by atoms with Gasteiger partial charge in [-0.25, -0.2) is 0 Å². The Labute approximate surface area is 214 Å². The average Bonchev–Trinajstić information content (AvgIpc) is 2.85. The number of nitrogens with zero attached hydrogens (tertiary/aromatic N) is 1. The first-order valence-corrected chi connectivity index (χ1v) is 12.0. The normalized spacial score (nSPS) is 14.3. The molecule has 0 aromatic heterocycles. The van der Waals surface area contributed by atoms with Crippen LogP contribution in [0.3, 0.4) is 0 Å². The molecule has 3 rings (SSSR count). The van der Waals surface area contributed by atoms with Crippen molar-refractivity contribution in [1.29, 1.82) is 0 Å². The smallest absolute Gasteiger partial charge is 0.425 e. The molecular weight excluding hydrogens is 491 g/mol. The van der Waals surface area contributed by atoms with E-state index in [2.05, 4.69) is 0 Å². The topological polar surface area (TPSA) is 49.8 Å². The molecule has 0 heterocycles. The Morgan fingerprint density at radius 2 is 1.64 bits per heavy atom. The molecule has 0 bridgehead atoms. The van der Waals surface area contributed by atoms with Gasteiger partial charge in [-0.05, 0) is 41.2 Å². The van der Waals surface area contributed by atoms with E-state index in [1.807, 2.05) is 37.3 Å². The molecule has 1 N–H and O–H groups in total. The van der Waals surface area contributed by atoms with Crippen LogP contribution in [0.25, 0.3) is 0 Å². The van der Waals surface area contributed by atoms with Gasteiger partial charge >= 0.3 is 12.1 Å². The summed E-state index contributed by atoms with van der Waals surface area (Å²) in [5.41, 5.74) is 1.46. The summed E-state index contributed by atoms with van der Waals surface area (Å²) in [6.07, 6.45) is -4.60. The lowest BCUT2D eigenvalue weighted by atomic mass is 9.97. The molecule has 0 saturated heterocycles. The predicted octanol–water partition coefficient (Wildman–Crippen LogP) is 6.84. The van der Waals surface area contributed by atoms with Crippen molar-refractivity contribution in [2.24, 2.45) is 0 Å². The number of hydrogen-bond acceptors (Lipinski definition) is 3. The summed E-state index contributed by atoms with van der Waals surface area (Å²) in [5.74, 6) is -0.695. The van der Waals surface area contributed by atoms with Gasteiger partial charge in [0.25, 0.3) is 0 Å². The molecule has 0 aliphatic carbocycles. The monoisotopic (exact) mass is 519 g/mol. The molecule has 3 aromatic rings. The first-order valence-electron chi connectivity index (χ1n) is 11.7. The van der Waals surface area contributed by atoms with E-state index in [0.29, 0.717) is 11.3 Å².